The van der Waals surface area contributed by atoms with Crippen LogP contribution in [-0.2, 0) is 16.0 Å². The van der Waals surface area contributed by atoms with Crippen LogP contribution in [0.4, 0.5) is 5.00 Å². The second kappa shape index (κ2) is 10.3. The number of rotatable bonds is 10. The van der Waals surface area contributed by atoms with E-state index in [1.165, 1.54) is 11.3 Å². The number of amides is 1. The minimum Gasteiger partial charge on any atom is -0.491 e. The lowest BCUT2D eigenvalue weighted by Crippen LogP contribution is -2.16. The number of aryl methyl sites for hydroxylation is 1. The first-order chi connectivity index (χ1) is 13.3. The Morgan fingerprint density at radius 3 is 2.43 bits per heavy atom. The van der Waals surface area contributed by atoms with Crippen molar-refractivity contribution in [2.24, 2.45) is 0 Å². The van der Waals surface area contributed by atoms with Crippen LogP contribution in [0.5, 0.6) is 5.75 Å². The van der Waals surface area contributed by atoms with Gasteiger partial charge in [0.05, 0.1) is 23.2 Å². The van der Waals surface area contributed by atoms with E-state index < -0.39 is 5.97 Å². The molecule has 0 bridgehead atoms. The molecule has 28 heavy (non-hydrogen) atoms. The lowest BCUT2D eigenvalue weighted by molar-refractivity contribution is -0.133. The highest BCUT2D eigenvalue weighted by molar-refractivity contribution is 8.00. The summed E-state index contributed by atoms with van der Waals surface area (Å²) in [4.78, 5) is 36.6. The fourth-order valence-corrected chi connectivity index (χ4v) is 3.93. The lowest BCUT2D eigenvalue weighted by atomic mass is 10.0. The van der Waals surface area contributed by atoms with E-state index in [0.29, 0.717) is 21.9 Å². The van der Waals surface area contributed by atoms with Crippen LogP contribution >= 0.6 is 23.1 Å². The maximum Gasteiger partial charge on any atom is 0.313 e. The second-order valence-corrected chi connectivity index (χ2v) is 8.39. The van der Waals surface area contributed by atoms with Gasteiger partial charge in [0.1, 0.15) is 10.8 Å². The van der Waals surface area contributed by atoms with E-state index >= 15 is 0 Å². The summed E-state index contributed by atoms with van der Waals surface area (Å²) in [5.74, 6) is -0.918. The molecule has 0 spiro atoms. The van der Waals surface area contributed by atoms with E-state index in [1.807, 2.05) is 20.8 Å². The molecule has 0 aliphatic rings. The Morgan fingerprint density at radius 2 is 1.86 bits per heavy atom. The molecule has 0 saturated heterocycles. The molecule has 1 aromatic heterocycles. The average molecular weight is 422 g/mol. The summed E-state index contributed by atoms with van der Waals surface area (Å²) in [5, 5.41) is 11.9. The first-order valence-electron chi connectivity index (χ1n) is 8.83. The fraction of sp³-hybridized carbons (Fsp3) is 0.350. The number of hydrogen-bond donors (Lipinski definition) is 2. The number of aliphatic carboxylic acids is 1. The van der Waals surface area contributed by atoms with Gasteiger partial charge < -0.3 is 15.2 Å². The van der Waals surface area contributed by atoms with Crippen molar-refractivity contribution >= 4 is 45.8 Å². The molecule has 0 aliphatic carbocycles. The number of ether oxygens (including phenoxy) is 1. The average Bonchev–Trinajstić information content (AvgIpc) is 3.03. The molecule has 0 unspecified atom stereocenters. The normalized spacial score (nSPS) is 10.7. The molecule has 1 heterocycles. The molecular formula is C20H23NO5S2. The highest BCUT2D eigenvalue weighted by atomic mass is 32.2. The highest BCUT2D eigenvalue weighted by Crippen LogP contribution is 2.31. The third kappa shape index (κ3) is 6.38. The van der Waals surface area contributed by atoms with Crippen LogP contribution in [0.25, 0.3) is 0 Å². The summed E-state index contributed by atoms with van der Waals surface area (Å²) in [7, 11) is 0. The number of anilines is 1. The van der Waals surface area contributed by atoms with E-state index in [1.54, 1.807) is 30.3 Å². The largest absolute Gasteiger partial charge is 0.491 e. The molecule has 0 radical (unpaired) electrons. The molecule has 0 saturated carbocycles. The lowest BCUT2D eigenvalue weighted by Gasteiger charge is -2.10. The van der Waals surface area contributed by atoms with Crippen molar-refractivity contribution in [2.75, 3.05) is 16.8 Å². The third-order valence-corrected chi connectivity index (χ3v) is 5.69. The molecule has 0 atom stereocenters. The summed E-state index contributed by atoms with van der Waals surface area (Å²) in [6.07, 6.45) is 0.793. The SMILES string of the molecule is CCc1cc(C(=O)c2ccc(OC(C)C)cc2)c(NC(=O)CSCC(=O)O)s1. The summed E-state index contributed by atoms with van der Waals surface area (Å²) in [6, 6.07) is 8.71. The number of carboxylic acid groups (broad SMARTS) is 1. The van der Waals surface area contributed by atoms with Crippen molar-refractivity contribution in [3.05, 3.63) is 46.3 Å². The molecular weight excluding hydrogens is 398 g/mol. The zero-order valence-corrected chi connectivity index (χ0v) is 17.6. The van der Waals surface area contributed by atoms with Crippen LogP contribution < -0.4 is 10.1 Å². The molecule has 150 valence electrons. The molecule has 2 rings (SSSR count). The van der Waals surface area contributed by atoms with Crippen LogP contribution in [0.3, 0.4) is 0 Å². The maximum absolute atomic E-state index is 12.9. The number of carbonyl (C=O) groups excluding carboxylic acids is 2. The van der Waals surface area contributed by atoms with Gasteiger partial charge in [0.25, 0.3) is 0 Å². The van der Waals surface area contributed by atoms with Gasteiger partial charge >= 0.3 is 5.97 Å². The Hall–Kier alpha value is -2.32. The van der Waals surface area contributed by atoms with E-state index in [2.05, 4.69) is 5.32 Å². The van der Waals surface area contributed by atoms with Gasteiger partial charge in [-0.1, -0.05) is 6.92 Å². The number of nitrogens with one attached hydrogen (secondary N) is 1. The highest BCUT2D eigenvalue weighted by Gasteiger charge is 2.19. The molecule has 2 N–H and O–H groups in total. The molecule has 6 nitrogen and oxygen atoms in total. The quantitative estimate of drug-likeness (QED) is 0.562. The van der Waals surface area contributed by atoms with Crippen molar-refractivity contribution < 1.29 is 24.2 Å². The van der Waals surface area contributed by atoms with Gasteiger partial charge in [-0.3, -0.25) is 14.4 Å². The van der Waals surface area contributed by atoms with Crippen LogP contribution in [-0.4, -0.2) is 40.4 Å². The van der Waals surface area contributed by atoms with Gasteiger partial charge in [0.2, 0.25) is 5.91 Å². The Bertz CT molecular complexity index is 843. The first-order valence-corrected chi connectivity index (χ1v) is 10.8. The zero-order chi connectivity index (χ0) is 20.7. The van der Waals surface area contributed by atoms with Crippen molar-refractivity contribution in [1.29, 1.82) is 0 Å². The topological polar surface area (TPSA) is 92.7 Å². The molecule has 8 heteroatoms. The number of hydrogen-bond acceptors (Lipinski definition) is 6. The van der Waals surface area contributed by atoms with Crippen molar-refractivity contribution in [2.45, 2.75) is 33.3 Å². The van der Waals surface area contributed by atoms with E-state index in [4.69, 9.17) is 9.84 Å². The van der Waals surface area contributed by atoms with E-state index in [0.717, 1.165) is 23.1 Å². The number of benzene rings is 1. The van der Waals surface area contributed by atoms with Gasteiger partial charge in [0.15, 0.2) is 5.78 Å². The number of carboxylic acids is 1. The Balaban J connectivity index is 2.15. The smallest absolute Gasteiger partial charge is 0.313 e. The van der Waals surface area contributed by atoms with Gasteiger partial charge in [-0.05, 0) is 50.6 Å². The zero-order valence-electron chi connectivity index (χ0n) is 16.0. The third-order valence-electron chi connectivity index (χ3n) is 3.58. The summed E-state index contributed by atoms with van der Waals surface area (Å²) in [6.45, 7) is 5.84. The van der Waals surface area contributed by atoms with Gasteiger partial charge in [-0.25, -0.2) is 0 Å². The second-order valence-electron chi connectivity index (χ2n) is 6.26. The number of thioether (sulfide) groups is 1. The van der Waals surface area contributed by atoms with Crippen LogP contribution in [0.15, 0.2) is 30.3 Å². The summed E-state index contributed by atoms with van der Waals surface area (Å²) < 4.78 is 5.60. The van der Waals surface area contributed by atoms with Crippen molar-refractivity contribution in [1.82, 2.24) is 0 Å². The Labute approximate surface area is 172 Å². The summed E-state index contributed by atoms with van der Waals surface area (Å²) >= 11 is 2.37. The van der Waals surface area contributed by atoms with Gasteiger partial charge in [0, 0.05) is 10.4 Å². The standard InChI is InChI=1S/C20H23NO5S2/c1-4-15-9-16(20(28-15)21-17(22)10-27-11-18(23)24)19(25)13-5-7-14(8-6-13)26-12(2)3/h5-9,12H,4,10-11H2,1-3H3,(H,21,22)(H,23,24). The number of ketones is 1. The first kappa shape index (κ1) is 22.0. The summed E-state index contributed by atoms with van der Waals surface area (Å²) in [5.41, 5.74) is 0.947. The number of thiophene rings is 1. The molecule has 0 fully saturated rings. The van der Waals surface area contributed by atoms with Crippen molar-refractivity contribution in [3.8, 4) is 5.75 Å². The van der Waals surface area contributed by atoms with Crippen molar-refractivity contribution in [3.63, 3.8) is 0 Å². The van der Waals surface area contributed by atoms with E-state index in [-0.39, 0.29) is 29.3 Å². The Morgan fingerprint density at radius 1 is 1.18 bits per heavy atom. The van der Waals surface area contributed by atoms with E-state index in [9.17, 15) is 14.4 Å². The molecule has 1 aromatic carbocycles. The predicted molar refractivity (Wildman–Crippen MR) is 113 cm³/mol. The van der Waals surface area contributed by atoms with Crippen LogP contribution in [0, 0.1) is 0 Å². The van der Waals surface area contributed by atoms with Gasteiger partial charge in [-0.15, -0.1) is 23.1 Å². The Kier molecular flexibility index (Phi) is 8.07. The van der Waals surface area contributed by atoms with Crippen LogP contribution in [0.1, 0.15) is 41.6 Å². The molecule has 2 aromatic rings. The fourth-order valence-electron chi connectivity index (χ4n) is 2.38. The minimum absolute atomic E-state index is 0.0144. The maximum atomic E-state index is 12.9. The van der Waals surface area contributed by atoms with Gasteiger partial charge in [-0.2, -0.15) is 0 Å². The predicted octanol–water partition coefficient (Wildman–Crippen LogP) is 4.09. The van der Waals surface area contributed by atoms with Crippen LogP contribution in [0.2, 0.25) is 0 Å². The molecule has 1 amide bonds. The molecule has 0 aliphatic heterocycles. The monoisotopic (exact) mass is 421 g/mol. The minimum atomic E-state index is -0.969. The number of carbonyl (C=O) groups is 3.